The summed E-state index contributed by atoms with van der Waals surface area (Å²) in [5.41, 5.74) is 4.21. The van der Waals surface area contributed by atoms with E-state index in [0.29, 0.717) is 24.4 Å². The molecule has 4 nitrogen and oxygen atoms in total. The first-order chi connectivity index (χ1) is 13.7. The molecule has 1 heterocycles. The Balaban J connectivity index is 1.49. The van der Waals surface area contributed by atoms with Crippen molar-refractivity contribution in [2.45, 2.75) is 13.0 Å². The van der Waals surface area contributed by atoms with Gasteiger partial charge in [0.15, 0.2) is 0 Å². The van der Waals surface area contributed by atoms with Gasteiger partial charge in [0.25, 0.3) is 0 Å². The summed E-state index contributed by atoms with van der Waals surface area (Å²) < 4.78 is 11.1. The number of Topliss-reactive ketones (excluding diaryl/α,β-unsaturated/α-hetero) is 1. The third kappa shape index (κ3) is 3.81. The molecular formula is C24H21NO3. The highest BCUT2D eigenvalue weighted by molar-refractivity contribution is 6.51. The van der Waals surface area contributed by atoms with Crippen molar-refractivity contribution in [1.29, 1.82) is 0 Å². The number of carbonyl (C=O) groups excluding carboxylic acids is 1. The van der Waals surface area contributed by atoms with Crippen LogP contribution in [0.4, 0.5) is 0 Å². The van der Waals surface area contributed by atoms with Gasteiger partial charge in [-0.15, -0.1) is 0 Å². The topological polar surface area (TPSA) is 47.9 Å². The molecule has 0 N–H and O–H groups in total. The smallest absolute Gasteiger partial charge is 0.211 e. The molecule has 4 heteroatoms. The molecule has 4 rings (SSSR count). The summed E-state index contributed by atoms with van der Waals surface area (Å²) in [6.07, 6.45) is 0.815. The fourth-order valence-electron chi connectivity index (χ4n) is 3.28. The number of methoxy groups -OCH3 is 1. The van der Waals surface area contributed by atoms with E-state index < -0.39 is 0 Å². The van der Waals surface area contributed by atoms with Gasteiger partial charge in [0.1, 0.15) is 23.8 Å². The first-order valence-electron chi connectivity index (χ1n) is 9.28. The van der Waals surface area contributed by atoms with Gasteiger partial charge in [0, 0.05) is 17.7 Å². The van der Waals surface area contributed by atoms with Gasteiger partial charge in [0.2, 0.25) is 5.78 Å². The number of hydrogen-bond donors (Lipinski definition) is 0. The molecule has 3 aromatic carbocycles. The van der Waals surface area contributed by atoms with Crippen molar-refractivity contribution in [2.24, 2.45) is 4.99 Å². The van der Waals surface area contributed by atoms with Crippen LogP contribution < -0.4 is 9.47 Å². The van der Waals surface area contributed by atoms with Crippen molar-refractivity contribution < 1.29 is 14.3 Å². The van der Waals surface area contributed by atoms with Crippen molar-refractivity contribution in [3.05, 3.63) is 95.1 Å². The molecule has 0 atom stereocenters. The average Bonchev–Trinajstić information content (AvgIpc) is 2.77. The molecule has 0 saturated heterocycles. The molecule has 1 aliphatic heterocycles. The molecular weight excluding hydrogens is 350 g/mol. The van der Waals surface area contributed by atoms with E-state index in [-0.39, 0.29) is 5.78 Å². The first-order valence-corrected chi connectivity index (χ1v) is 9.28. The summed E-state index contributed by atoms with van der Waals surface area (Å²) in [5.74, 6) is 1.46. The number of rotatable bonds is 6. The molecule has 0 unspecified atom stereocenters. The Morgan fingerprint density at radius 2 is 1.71 bits per heavy atom. The summed E-state index contributed by atoms with van der Waals surface area (Å²) in [6, 6.07) is 23.0. The Morgan fingerprint density at radius 1 is 0.964 bits per heavy atom. The van der Waals surface area contributed by atoms with Crippen LogP contribution >= 0.6 is 0 Å². The maximum atomic E-state index is 13.0. The van der Waals surface area contributed by atoms with Crippen LogP contribution in [0.15, 0.2) is 77.8 Å². The van der Waals surface area contributed by atoms with Crippen LogP contribution in [-0.4, -0.2) is 25.1 Å². The second kappa shape index (κ2) is 8.09. The lowest BCUT2D eigenvalue weighted by molar-refractivity contribution is 0.106. The van der Waals surface area contributed by atoms with E-state index in [0.717, 1.165) is 34.6 Å². The number of ether oxygens (including phenoxy) is 2. The van der Waals surface area contributed by atoms with Gasteiger partial charge in [-0.25, -0.2) is 0 Å². The van der Waals surface area contributed by atoms with Crippen LogP contribution in [-0.2, 0) is 13.0 Å². The highest BCUT2D eigenvalue weighted by atomic mass is 16.5. The summed E-state index contributed by atoms with van der Waals surface area (Å²) in [7, 11) is 1.64. The largest absolute Gasteiger partial charge is 0.497 e. The van der Waals surface area contributed by atoms with Gasteiger partial charge in [-0.2, -0.15) is 0 Å². The molecule has 0 saturated carbocycles. The van der Waals surface area contributed by atoms with E-state index in [1.807, 2.05) is 60.7 Å². The Labute approximate surface area is 164 Å². The van der Waals surface area contributed by atoms with Gasteiger partial charge in [-0.3, -0.25) is 9.79 Å². The van der Waals surface area contributed by atoms with E-state index in [2.05, 4.69) is 4.99 Å². The van der Waals surface area contributed by atoms with E-state index >= 15 is 0 Å². The quantitative estimate of drug-likeness (QED) is 0.599. The highest BCUT2D eigenvalue weighted by Crippen LogP contribution is 2.24. The van der Waals surface area contributed by atoms with E-state index in [1.165, 1.54) is 0 Å². The normalized spacial score (nSPS) is 12.7. The Kier molecular flexibility index (Phi) is 5.20. The summed E-state index contributed by atoms with van der Waals surface area (Å²) in [5, 5.41) is 0. The molecule has 0 amide bonds. The predicted octanol–water partition coefficient (Wildman–Crippen LogP) is 4.50. The third-order valence-corrected chi connectivity index (χ3v) is 4.80. The monoisotopic (exact) mass is 371 g/mol. The number of carbonyl (C=O) groups is 1. The summed E-state index contributed by atoms with van der Waals surface area (Å²) in [4.78, 5) is 17.5. The SMILES string of the molecule is COc1ccc2c(c1)CCN=C2C(=O)c1ccc(OCc2ccccc2)cc1. The zero-order valence-corrected chi connectivity index (χ0v) is 15.7. The van der Waals surface area contributed by atoms with Gasteiger partial charge >= 0.3 is 0 Å². The number of benzene rings is 3. The third-order valence-electron chi connectivity index (χ3n) is 4.80. The molecule has 140 valence electrons. The molecule has 1 aliphatic rings. The lowest BCUT2D eigenvalue weighted by Gasteiger charge is -2.17. The van der Waals surface area contributed by atoms with Crippen LogP contribution in [0.3, 0.4) is 0 Å². The number of nitrogens with zero attached hydrogens (tertiary/aromatic N) is 1. The van der Waals surface area contributed by atoms with Gasteiger partial charge in [-0.1, -0.05) is 30.3 Å². The minimum Gasteiger partial charge on any atom is -0.497 e. The van der Waals surface area contributed by atoms with E-state index in [4.69, 9.17) is 9.47 Å². The van der Waals surface area contributed by atoms with Crippen LogP contribution in [0.25, 0.3) is 0 Å². The van der Waals surface area contributed by atoms with Crippen LogP contribution in [0.1, 0.15) is 27.0 Å². The molecule has 0 spiro atoms. The summed E-state index contributed by atoms with van der Waals surface area (Å²) >= 11 is 0. The number of ketones is 1. The molecule has 0 radical (unpaired) electrons. The Morgan fingerprint density at radius 3 is 2.46 bits per heavy atom. The second-order valence-corrected chi connectivity index (χ2v) is 6.63. The van der Waals surface area contributed by atoms with Crippen LogP contribution in [0, 0.1) is 0 Å². The van der Waals surface area contributed by atoms with Crippen molar-refractivity contribution in [2.75, 3.05) is 13.7 Å². The zero-order chi connectivity index (χ0) is 19.3. The standard InChI is InChI=1S/C24H21NO3/c1-27-21-11-12-22-19(15-21)13-14-25-23(22)24(26)18-7-9-20(10-8-18)28-16-17-5-3-2-4-6-17/h2-12,15H,13-14,16H2,1H3. The molecule has 0 bridgehead atoms. The lowest BCUT2D eigenvalue weighted by atomic mass is 9.92. The number of hydrogen-bond acceptors (Lipinski definition) is 4. The van der Waals surface area contributed by atoms with Crippen LogP contribution in [0.5, 0.6) is 11.5 Å². The van der Waals surface area contributed by atoms with Gasteiger partial charge in [0.05, 0.1) is 7.11 Å². The maximum absolute atomic E-state index is 13.0. The first kappa shape index (κ1) is 18.0. The fraction of sp³-hybridized carbons (Fsp3) is 0.167. The zero-order valence-electron chi connectivity index (χ0n) is 15.7. The average molecular weight is 371 g/mol. The molecule has 0 aromatic heterocycles. The molecule has 0 fully saturated rings. The van der Waals surface area contributed by atoms with Gasteiger partial charge in [-0.05, 0) is 60.0 Å². The predicted molar refractivity (Wildman–Crippen MR) is 110 cm³/mol. The molecule has 3 aromatic rings. The van der Waals surface area contributed by atoms with Crippen LogP contribution in [0.2, 0.25) is 0 Å². The Bertz CT molecular complexity index is 1010. The molecule has 28 heavy (non-hydrogen) atoms. The van der Waals surface area contributed by atoms with E-state index in [9.17, 15) is 4.79 Å². The minimum absolute atomic E-state index is 0.0688. The van der Waals surface area contributed by atoms with Crippen molar-refractivity contribution in [3.63, 3.8) is 0 Å². The van der Waals surface area contributed by atoms with Crippen molar-refractivity contribution >= 4 is 11.5 Å². The minimum atomic E-state index is -0.0688. The fourth-order valence-corrected chi connectivity index (χ4v) is 3.28. The van der Waals surface area contributed by atoms with Crippen molar-refractivity contribution in [3.8, 4) is 11.5 Å². The summed E-state index contributed by atoms with van der Waals surface area (Å²) in [6.45, 7) is 1.11. The number of fused-ring (bicyclic) bond motifs is 1. The second-order valence-electron chi connectivity index (χ2n) is 6.63. The molecule has 0 aliphatic carbocycles. The Hall–Kier alpha value is -3.40. The number of aliphatic imine (C=N–C) groups is 1. The maximum Gasteiger partial charge on any atom is 0.211 e. The van der Waals surface area contributed by atoms with Gasteiger partial charge < -0.3 is 9.47 Å². The lowest BCUT2D eigenvalue weighted by Crippen LogP contribution is -2.22. The van der Waals surface area contributed by atoms with Crippen molar-refractivity contribution in [1.82, 2.24) is 0 Å². The van der Waals surface area contributed by atoms with E-state index in [1.54, 1.807) is 19.2 Å². The highest BCUT2D eigenvalue weighted by Gasteiger charge is 2.22.